The van der Waals surface area contributed by atoms with Gasteiger partial charge in [-0.2, -0.15) is 0 Å². The first-order chi connectivity index (χ1) is 15.5. The summed E-state index contributed by atoms with van der Waals surface area (Å²) in [7, 11) is 1.43. The second kappa shape index (κ2) is 8.65. The van der Waals surface area contributed by atoms with Crippen molar-refractivity contribution in [3.63, 3.8) is 0 Å². The Labute approximate surface area is 183 Å². The van der Waals surface area contributed by atoms with Gasteiger partial charge in [0.05, 0.1) is 19.4 Å². The lowest BCUT2D eigenvalue weighted by Crippen LogP contribution is -2.14. The van der Waals surface area contributed by atoms with Crippen LogP contribution in [0.15, 0.2) is 49.2 Å². The van der Waals surface area contributed by atoms with Gasteiger partial charge in [-0.05, 0) is 32.0 Å². The lowest BCUT2D eigenvalue weighted by Gasteiger charge is -2.10. The lowest BCUT2D eigenvalue weighted by molar-refractivity contribution is 0.102. The highest BCUT2D eigenvalue weighted by molar-refractivity contribution is 6.05. The number of hydrogen-bond acceptors (Lipinski definition) is 7. The Kier molecular flexibility index (Phi) is 5.59. The van der Waals surface area contributed by atoms with Crippen LogP contribution in [0.3, 0.4) is 0 Å². The summed E-state index contributed by atoms with van der Waals surface area (Å²) in [5, 5.41) is 15.1. The highest BCUT2D eigenvalue weighted by Gasteiger charge is 2.19. The Morgan fingerprint density at radius 3 is 2.88 bits per heavy atom. The molecule has 4 aromatic heterocycles. The summed E-state index contributed by atoms with van der Waals surface area (Å²) < 4.78 is 8.60. The second-order valence-electron chi connectivity index (χ2n) is 7.03. The van der Waals surface area contributed by atoms with Gasteiger partial charge in [0.1, 0.15) is 23.4 Å². The van der Waals surface area contributed by atoms with E-state index in [9.17, 15) is 4.79 Å². The van der Waals surface area contributed by atoms with E-state index < -0.39 is 5.91 Å². The molecule has 0 saturated heterocycles. The van der Waals surface area contributed by atoms with E-state index in [2.05, 4.69) is 35.4 Å². The number of hydrogen-bond donors (Lipinski definition) is 1. The predicted octanol–water partition coefficient (Wildman–Crippen LogP) is 3.31. The van der Waals surface area contributed by atoms with E-state index in [0.29, 0.717) is 28.7 Å². The molecule has 4 heterocycles. The van der Waals surface area contributed by atoms with Crippen LogP contribution in [-0.2, 0) is 0 Å². The summed E-state index contributed by atoms with van der Waals surface area (Å²) in [5.74, 6) is 0.634. The van der Waals surface area contributed by atoms with Gasteiger partial charge in [-0.15, -0.1) is 15.3 Å². The Morgan fingerprint density at radius 2 is 2.12 bits per heavy atom. The Bertz CT molecular complexity index is 1320. The average Bonchev–Trinajstić information content (AvgIpc) is 3.47. The number of pyridine rings is 2. The molecule has 1 amide bonds. The van der Waals surface area contributed by atoms with Gasteiger partial charge in [0.25, 0.3) is 5.91 Å². The molecule has 0 fully saturated rings. The Hall–Kier alpha value is -4.59. The number of methoxy groups -OCH3 is 1. The van der Waals surface area contributed by atoms with Crippen LogP contribution in [0.4, 0.5) is 11.5 Å². The van der Waals surface area contributed by atoms with Crippen LogP contribution < -0.4 is 10.1 Å². The van der Waals surface area contributed by atoms with Gasteiger partial charge in [0, 0.05) is 24.6 Å². The molecule has 0 unspecified atom stereocenters. The van der Waals surface area contributed by atoms with E-state index in [1.165, 1.54) is 24.2 Å². The third-order valence-corrected chi connectivity index (χ3v) is 4.57. The number of nitrogens with one attached hydrogen (secondary N) is 1. The molecule has 4 aromatic rings. The molecular formula is C21H19N9O2. The van der Waals surface area contributed by atoms with Crippen molar-refractivity contribution in [3.05, 3.63) is 66.2 Å². The minimum absolute atomic E-state index is 0.131. The van der Waals surface area contributed by atoms with E-state index >= 15 is 0 Å². The molecule has 0 aliphatic carbocycles. The zero-order chi connectivity index (χ0) is 22.7. The first kappa shape index (κ1) is 20.7. The highest BCUT2D eigenvalue weighted by Crippen LogP contribution is 2.23. The first-order valence-corrected chi connectivity index (χ1v) is 9.65. The minimum Gasteiger partial charge on any atom is -0.479 e. The van der Waals surface area contributed by atoms with Gasteiger partial charge in [0.15, 0.2) is 5.82 Å². The summed E-state index contributed by atoms with van der Waals surface area (Å²) in [6.07, 6.45) is 6.14. The molecule has 0 spiro atoms. The fourth-order valence-corrected chi connectivity index (χ4v) is 3.02. The van der Waals surface area contributed by atoms with Crippen LogP contribution in [0.25, 0.3) is 22.1 Å². The van der Waals surface area contributed by atoms with Crippen molar-refractivity contribution in [1.82, 2.24) is 34.5 Å². The minimum atomic E-state index is -0.447. The largest absolute Gasteiger partial charge is 0.479 e. The number of rotatable bonds is 6. The van der Waals surface area contributed by atoms with E-state index in [1.807, 2.05) is 18.4 Å². The van der Waals surface area contributed by atoms with Crippen molar-refractivity contribution in [2.45, 2.75) is 19.9 Å². The monoisotopic (exact) mass is 429 g/mol. The third kappa shape index (κ3) is 4.01. The van der Waals surface area contributed by atoms with E-state index in [1.54, 1.807) is 36.8 Å². The van der Waals surface area contributed by atoms with Gasteiger partial charge in [-0.25, -0.2) is 14.5 Å². The zero-order valence-electron chi connectivity index (χ0n) is 17.6. The third-order valence-electron chi connectivity index (χ3n) is 4.57. The number of carbonyl (C=O) groups is 1. The van der Waals surface area contributed by atoms with Gasteiger partial charge >= 0.3 is 0 Å². The summed E-state index contributed by atoms with van der Waals surface area (Å²) >= 11 is 0. The van der Waals surface area contributed by atoms with Gasteiger partial charge < -0.3 is 14.6 Å². The van der Waals surface area contributed by atoms with E-state index in [0.717, 1.165) is 0 Å². The molecule has 160 valence electrons. The van der Waals surface area contributed by atoms with Crippen molar-refractivity contribution in [2.75, 3.05) is 12.4 Å². The molecule has 11 nitrogen and oxygen atoms in total. The standard InChI is InChI=1S/C21H19N9O2/c1-13(2)29-12-24-27-19(29)17-6-5-7-18(25-17)26-20(31)16-11-30(28-21(16)32-4)15-8-14(22-3)9-23-10-15/h5-13H,1-2,4H3,(H,25,26,31). The number of nitrogens with zero attached hydrogens (tertiary/aromatic N) is 8. The molecule has 4 rings (SSSR count). The normalized spacial score (nSPS) is 10.7. The van der Waals surface area contributed by atoms with Crippen molar-refractivity contribution >= 4 is 17.4 Å². The van der Waals surface area contributed by atoms with Gasteiger partial charge in [-0.3, -0.25) is 9.78 Å². The first-order valence-electron chi connectivity index (χ1n) is 9.65. The van der Waals surface area contributed by atoms with Crippen molar-refractivity contribution in [1.29, 1.82) is 0 Å². The average molecular weight is 429 g/mol. The fourth-order valence-electron chi connectivity index (χ4n) is 3.02. The predicted molar refractivity (Wildman–Crippen MR) is 116 cm³/mol. The smallest absolute Gasteiger partial charge is 0.263 e. The molecule has 32 heavy (non-hydrogen) atoms. The van der Waals surface area contributed by atoms with Crippen molar-refractivity contribution in [2.24, 2.45) is 0 Å². The van der Waals surface area contributed by atoms with Gasteiger partial charge in [0.2, 0.25) is 11.6 Å². The van der Waals surface area contributed by atoms with Crippen LogP contribution in [0.5, 0.6) is 5.88 Å². The maximum absolute atomic E-state index is 13.0. The SMILES string of the molecule is [C-]#[N+]c1cncc(-n2cc(C(=O)Nc3cccc(-c4nncn4C(C)C)n3)c(OC)n2)c1. The fraction of sp³-hybridized carbons (Fsp3) is 0.190. The summed E-state index contributed by atoms with van der Waals surface area (Å²) in [5.41, 5.74) is 1.68. The lowest BCUT2D eigenvalue weighted by atomic mass is 10.3. The van der Waals surface area contributed by atoms with Crippen molar-refractivity contribution < 1.29 is 9.53 Å². The topological polar surface area (TPSA) is 117 Å². The number of anilines is 1. The molecule has 0 saturated carbocycles. The summed E-state index contributed by atoms with van der Waals surface area (Å²) in [6, 6.07) is 7.03. The molecule has 0 bridgehead atoms. The molecule has 1 N–H and O–H groups in total. The number of amides is 1. The molecule has 0 aromatic carbocycles. The zero-order valence-corrected chi connectivity index (χ0v) is 17.6. The van der Waals surface area contributed by atoms with Crippen LogP contribution in [0.1, 0.15) is 30.2 Å². The molecule has 0 atom stereocenters. The molecule has 0 aliphatic rings. The quantitative estimate of drug-likeness (QED) is 0.467. The summed E-state index contributed by atoms with van der Waals surface area (Å²) in [4.78, 5) is 24.8. The highest BCUT2D eigenvalue weighted by atomic mass is 16.5. The molecular weight excluding hydrogens is 410 g/mol. The maximum Gasteiger partial charge on any atom is 0.263 e. The van der Waals surface area contributed by atoms with Crippen molar-refractivity contribution in [3.8, 4) is 23.1 Å². The van der Waals surface area contributed by atoms with Crippen LogP contribution in [0.2, 0.25) is 0 Å². The maximum atomic E-state index is 13.0. The van der Waals surface area contributed by atoms with Crippen LogP contribution >= 0.6 is 0 Å². The Balaban J connectivity index is 1.61. The number of aromatic nitrogens is 7. The van der Waals surface area contributed by atoms with Gasteiger partial charge in [-0.1, -0.05) is 6.07 Å². The summed E-state index contributed by atoms with van der Waals surface area (Å²) in [6.45, 7) is 11.2. The molecule has 0 aliphatic heterocycles. The number of ether oxygens (including phenoxy) is 1. The van der Waals surface area contributed by atoms with Crippen LogP contribution in [0, 0.1) is 6.57 Å². The van der Waals surface area contributed by atoms with E-state index in [4.69, 9.17) is 11.3 Å². The molecule has 11 heteroatoms. The second-order valence-corrected chi connectivity index (χ2v) is 7.03. The van der Waals surface area contributed by atoms with E-state index in [-0.39, 0.29) is 17.5 Å². The molecule has 0 radical (unpaired) electrons. The van der Waals surface area contributed by atoms with Crippen LogP contribution in [-0.4, -0.2) is 47.5 Å². The number of carbonyl (C=O) groups excluding carboxylic acids is 1. The Morgan fingerprint density at radius 1 is 1.28 bits per heavy atom.